The first kappa shape index (κ1) is 20.3. The van der Waals surface area contributed by atoms with Gasteiger partial charge in [0.15, 0.2) is 0 Å². The van der Waals surface area contributed by atoms with Crippen LogP contribution in [0.4, 0.5) is 0 Å². The fourth-order valence-electron chi connectivity index (χ4n) is 6.09. The molecule has 2 aromatic carbocycles. The van der Waals surface area contributed by atoms with Crippen molar-refractivity contribution >= 4 is 5.91 Å². The van der Waals surface area contributed by atoms with Gasteiger partial charge in [-0.05, 0) is 43.2 Å². The van der Waals surface area contributed by atoms with Gasteiger partial charge in [0, 0.05) is 36.7 Å². The number of nitrogens with one attached hydrogen (secondary N) is 1. The third-order valence-electron chi connectivity index (χ3n) is 7.69. The Hall–Kier alpha value is -2.59. The zero-order valence-electron chi connectivity index (χ0n) is 18.1. The van der Waals surface area contributed by atoms with Gasteiger partial charge in [0.1, 0.15) is 5.75 Å². The third-order valence-corrected chi connectivity index (χ3v) is 7.69. The third kappa shape index (κ3) is 3.57. The molecule has 1 amide bonds. The largest absolute Gasteiger partial charge is 0.493 e. The minimum Gasteiger partial charge on any atom is -0.493 e. The summed E-state index contributed by atoms with van der Waals surface area (Å²) in [5.74, 6) is 1.72. The number of carbonyl (C=O) groups excluding carboxylic acids is 1. The predicted octanol–water partition coefficient (Wildman–Crippen LogP) is 4.28. The van der Waals surface area contributed by atoms with Crippen molar-refractivity contribution in [2.75, 3.05) is 26.2 Å². The molecule has 0 bridgehead atoms. The van der Waals surface area contributed by atoms with Crippen LogP contribution in [0.1, 0.15) is 42.7 Å². The van der Waals surface area contributed by atoms with Crippen molar-refractivity contribution in [3.05, 3.63) is 78.4 Å². The maximum absolute atomic E-state index is 14.0. The number of para-hydroxylation sites is 1. The lowest BCUT2D eigenvalue weighted by Crippen LogP contribution is -2.53. The predicted molar refractivity (Wildman–Crippen MR) is 123 cm³/mol. The van der Waals surface area contributed by atoms with Crippen LogP contribution in [-0.4, -0.2) is 43.1 Å². The molecule has 2 aromatic rings. The van der Waals surface area contributed by atoms with Gasteiger partial charge in [0.25, 0.3) is 0 Å². The lowest BCUT2D eigenvalue weighted by Gasteiger charge is -2.45. The minimum absolute atomic E-state index is 0.0434. The summed E-state index contributed by atoms with van der Waals surface area (Å²) < 4.78 is 5.94. The minimum atomic E-state index is -0.166. The number of rotatable bonds is 4. The summed E-state index contributed by atoms with van der Waals surface area (Å²) >= 11 is 0. The fraction of sp³-hybridized carbons (Fsp3) is 0.444. The van der Waals surface area contributed by atoms with Crippen LogP contribution < -0.4 is 10.1 Å². The van der Waals surface area contributed by atoms with Gasteiger partial charge in [0.05, 0.1) is 12.5 Å². The molecule has 0 aliphatic carbocycles. The second-order valence-corrected chi connectivity index (χ2v) is 9.28. The molecule has 4 atom stereocenters. The molecule has 3 aliphatic rings. The van der Waals surface area contributed by atoms with Crippen LogP contribution in [-0.2, 0) is 10.2 Å². The second-order valence-electron chi connectivity index (χ2n) is 9.28. The molecule has 3 aliphatic heterocycles. The van der Waals surface area contributed by atoms with Crippen LogP contribution in [0.5, 0.6) is 5.75 Å². The van der Waals surface area contributed by atoms with E-state index in [9.17, 15) is 4.79 Å². The van der Waals surface area contributed by atoms with Crippen molar-refractivity contribution in [1.29, 1.82) is 0 Å². The highest BCUT2D eigenvalue weighted by atomic mass is 16.5. The van der Waals surface area contributed by atoms with Crippen molar-refractivity contribution in [3.8, 4) is 5.75 Å². The molecule has 2 fully saturated rings. The first-order valence-corrected chi connectivity index (χ1v) is 11.6. The Morgan fingerprint density at radius 3 is 2.84 bits per heavy atom. The van der Waals surface area contributed by atoms with Crippen LogP contribution in [0.25, 0.3) is 0 Å². The average Bonchev–Trinajstić information content (AvgIpc) is 3.24. The lowest BCUT2D eigenvalue weighted by atomic mass is 9.68. The zero-order valence-corrected chi connectivity index (χ0v) is 18.1. The van der Waals surface area contributed by atoms with Gasteiger partial charge in [-0.2, -0.15) is 0 Å². The molecule has 31 heavy (non-hydrogen) atoms. The summed E-state index contributed by atoms with van der Waals surface area (Å²) in [6.45, 7) is 7.07. The number of hydrogen-bond donors (Lipinski definition) is 1. The Kier molecular flexibility index (Phi) is 5.58. The highest BCUT2D eigenvalue weighted by Crippen LogP contribution is 2.47. The molecular weight excluding hydrogens is 384 g/mol. The quantitative estimate of drug-likeness (QED) is 0.757. The number of piperidine rings is 1. The van der Waals surface area contributed by atoms with E-state index in [4.69, 9.17) is 4.74 Å². The van der Waals surface area contributed by atoms with E-state index in [-0.39, 0.29) is 17.4 Å². The molecule has 1 N–H and O–H groups in total. The molecule has 0 radical (unpaired) electrons. The van der Waals surface area contributed by atoms with Gasteiger partial charge in [-0.15, -0.1) is 6.58 Å². The number of nitrogens with zero attached hydrogens (tertiary/aromatic N) is 1. The Balaban J connectivity index is 1.41. The van der Waals surface area contributed by atoms with Crippen molar-refractivity contribution in [2.45, 2.75) is 43.1 Å². The van der Waals surface area contributed by atoms with Crippen molar-refractivity contribution in [1.82, 2.24) is 10.2 Å². The Morgan fingerprint density at radius 1 is 1.19 bits per heavy atom. The summed E-state index contributed by atoms with van der Waals surface area (Å²) in [6, 6.07) is 19.3. The molecule has 4 unspecified atom stereocenters. The Labute approximate surface area is 185 Å². The summed E-state index contributed by atoms with van der Waals surface area (Å²) in [5, 5.41) is 3.55. The standard InChI is InChI=1S/C27H32N2O2/c1-2-8-22-17-21(20-9-4-3-5-10-20)13-15-29(22)26(30)24-18-28-19-27(24)14-16-31-25-12-7-6-11-23(25)27/h2-7,9-12,21-22,24,28H,1,8,13-19H2. The van der Waals surface area contributed by atoms with Crippen LogP contribution in [0.15, 0.2) is 67.3 Å². The van der Waals surface area contributed by atoms with E-state index in [0.717, 1.165) is 51.1 Å². The van der Waals surface area contributed by atoms with Crippen molar-refractivity contribution in [3.63, 3.8) is 0 Å². The molecule has 4 nitrogen and oxygen atoms in total. The van der Waals surface area contributed by atoms with E-state index in [1.165, 1.54) is 11.1 Å². The zero-order chi connectivity index (χ0) is 21.3. The van der Waals surface area contributed by atoms with Crippen LogP contribution in [0, 0.1) is 5.92 Å². The molecule has 5 rings (SSSR count). The van der Waals surface area contributed by atoms with Gasteiger partial charge in [0.2, 0.25) is 5.91 Å². The van der Waals surface area contributed by atoms with Crippen LogP contribution in [0.3, 0.4) is 0 Å². The van der Waals surface area contributed by atoms with E-state index in [0.29, 0.717) is 18.4 Å². The molecule has 1 spiro atoms. The van der Waals surface area contributed by atoms with Crippen LogP contribution >= 0.6 is 0 Å². The van der Waals surface area contributed by atoms with E-state index < -0.39 is 0 Å². The highest BCUT2D eigenvalue weighted by molar-refractivity contribution is 5.82. The number of likely N-dealkylation sites (tertiary alicyclic amines) is 1. The lowest BCUT2D eigenvalue weighted by molar-refractivity contribution is -0.141. The summed E-state index contributed by atoms with van der Waals surface area (Å²) in [6.07, 6.45) is 5.75. The maximum Gasteiger partial charge on any atom is 0.228 e. The fourth-order valence-corrected chi connectivity index (χ4v) is 6.09. The number of benzene rings is 2. The van der Waals surface area contributed by atoms with Gasteiger partial charge in [-0.3, -0.25) is 4.79 Å². The summed E-state index contributed by atoms with van der Waals surface area (Å²) in [7, 11) is 0. The SMILES string of the molecule is C=CCC1CC(c2ccccc2)CCN1C(=O)C1CNCC12CCOc1ccccc12. The van der Waals surface area contributed by atoms with Gasteiger partial charge in [-0.25, -0.2) is 0 Å². The van der Waals surface area contributed by atoms with E-state index in [1.54, 1.807) is 0 Å². The Bertz CT molecular complexity index is 943. The molecule has 0 aromatic heterocycles. The summed E-state index contributed by atoms with van der Waals surface area (Å²) in [4.78, 5) is 16.2. The molecular formula is C27H32N2O2. The van der Waals surface area contributed by atoms with Crippen LogP contribution in [0.2, 0.25) is 0 Å². The van der Waals surface area contributed by atoms with Gasteiger partial charge < -0.3 is 15.0 Å². The second kappa shape index (κ2) is 8.51. The number of fused-ring (bicyclic) bond motifs is 2. The van der Waals surface area contributed by atoms with Gasteiger partial charge >= 0.3 is 0 Å². The average molecular weight is 417 g/mol. The van der Waals surface area contributed by atoms with Crippen molar-refractivity contribution in [2.24, 2.45) is 5.92 Å². The first-order chi connectivity index (χ1) is 15.2. The first-order valence-electron chi connectivity index (χ1n) is 11.6. The van der Waals surface area contributed by atoms with E-state index >= 15 is 0 Å². The molecule has 0 saturated carbocycles. The van der Waals surface area contributed by atoms with E-state index in [1.807, 2.05) is 18.2 Å². The molecule has 3 heterocycles. The molecule has 2 saturated heterocycles. The summed E-state index contributed by atoms with van der Waals surface area (Å²) in [5.41, 5.74) is 2.42. The number of hydrogen-bond acceptors (Lipinski definition) is 3. The maximum atomic E-state index is 14.0. The van der Waals surface area contributed by atoms with Crippen molar-refractivity contribution < 1.29 is 9.53 Å². The topological polar surface area (TPSA) is 41.6 Å². The highest BCUT2D eigenvalue weighted by Gasteiger charge is 2.52. The molecule has 162 valence electrons. The Morgan fingerprint density at radius 2 is 2.00 bits per heavy atom. The smallest absolute Gasteiger partial charge is 0.228 e. The van der Waals surface area contributed by atoms with Gasteiger partial charge in [-0.1, -0.05) is 54.6 Å². The normalized spacial score (nSPS) is 29.9. The van der Waals surface area contributed by atoms with E-state index in [2.05, 4.69) is 59.3 Å². The number of amides is 1. The number of ether oxygens (including phenoxy) is 1. The molecule has 4 heteroatoms. The number of carbonyl (C=O) groups is 1. The monoisotopic (exact) mass is 416 g/mol.